The molecule has 224 valence electrons. The molecule has 0 bridgehead atoms. The number of alkyl halides is 1. The van der Waals surface area contributed by atoms with Gasteiger partial charge in [0.05, 0.1) is 16.8 Å². The maximum absolute atomic E-state index is 16.6. The topological polar surface area (TPSA) is 118 Å². The van der Waals surface area contributed by atoms with E-state index >= 15 is 4.39 Å². The summed E-state index contributed by atoms with van der Waals surface area (Å²) in [6.45, 7) is 3.69. The number of aromatic nitrogens is 3. The molecule has 0 aliphatic carbocycles. The fourth-order valence-electron chi connectivity index (χ4n) is 7.03. The summed E-state index contributed by atoms with van der Waals surface area (Å²) in [5.41, 5.74) is 5.44. The number of carbonyl (C=O) groups excluding carboxylic acids is 1. The largest absolute Gasteiger partial charge is 0.508 e. The van der Waals surface area contributed by atoms with Crippen molar-refractivity contribution in [2.24, 2.45) is 11.7 Å². The van der Waals surface area contributed by atoms with E-state index in [9.17, 15) is 18.7 Å². The molecule has 3 fully saturated rings. The number of hydrogen-bond acceptors (Lipinski definition) is 8. The van der Waals surface area contributed by atoms with Crippen LogP contribution in [-0.2, 0) is 11.2 Å². The third-order valence-corrected chi connectivity index (χ3v) is 9.22. The molecule has 43 heavy (non-hydrogen) atoms. The van der Waals surface area contributed by atoms with E-state index in [-0.39, 0.29) is 41.1 Å². The minimum absolute atomic E-state index is 0.0750. The molecule has 0 radical (unpaired) electrons. The summed E-state index contributed by atoms with van der Waals surface area (Å²) in [7, 11) is 0. The van der Waals surface area contributed by atoms with Crippen LogP contribution in [0.1, 0.15) is 31.7 Å². The van der Waals surface area contributed by atoms with Crippen LogP contribution in [-0.4, -0.2) is 75.4 Å². The number of ether oxygens (including phenoxy) is 1. The number of amides is 1. The number of fused-ring (bicyclic) bond motifs is 3. The lowest BCUT2D eigenvalue weighted by Gasteiger charge is -2.38. The number of pyridine rings is 1. The molecule has 5 heterocycles. The lowest BCUT2D eigenvalue weighted by Crippen LogP contribution is -2.53. The Balaban J connectivity index is 1.36. The molecule has 2 aromatic heterocycles. The second-order valence-electron chi connectivity index (χ2n) is 11.9. The molecule has 2 aromatic carbocycles. The third kappa shape index (κ3) is 4.50. The molecule has 2 atom stereocenters. The quantitative estimate of drug-likeness (QED) is 0.327. The Bertz CT molecular complexity index is 1780. The highest BCUT2D eigenvalue weighted by Gasteiger charge is 2.49. The number of primary amides is 1. The predicted molar refractivity (Wildman–Crippen MR) is 155 cm³/mol. The molecular formula is C31H31F3N6O3. The van der Waals surface area contributed by atoms with Gasteiger partial charge in [0.25, 0.3) is 0 Å². The van der Waals surface area contributed by atoms with Crippen molar-refractivity contribution in [3.63, 3.8) is 0 Å². The van der Waals surface area contributed by atoms with Crippen LogP contribution in [0.4, 0.5) is 19.0 Å². The fraction of sp³-hybridized carbons (Fsp3) is 0.419. The van der Waals surface area contributed by atoms with E-state index in [1.165, 1.54) is 30.5 Å². The van der Waals surface area contributed by atoms with E-state index in [4.69, 9.17) is 10.5 Å². The van der Waals surface area contributed by atoms with Crippen molar-refractivity contribution in [1.29, 1.82) is 0 Å². The third-order valence-electron chi connectivity index (χ3n) is 9.22. The standard InChI is InChI=1S/C31H31F3N6O3/c1-2-20-23(33)5-4-16-8-19(41)9-21(24(16)20)26-25(34)27-22(11-36-26)29(39-12-17(13-39)28(35)42)38-30(37-27)43-15-31-6-3-7-40(31)14-18(32)10-31/h4-5,8-9,11,17-18,41H,2-3,6-7,10,12-15H2,1H3,(H2,35,42)/t18-,31+/m1/s1. The number of nitrogens with zero attached hydrogens (tertiary/aromatic N) is 5. The Morgan fingerprint density at radius 3 is 2.79 bits per heavy atom. The number of carbonyl (C=O) groups is 1. The van der Waals surface area contributed by atoms with Crippen LogP contribution in [0, 0.1) is 17.6 Å². The van der Waals surface area contributed by atoms with E-state index in [2.05, 4.69) is 19.9 Å². The summed E-state index contributed by atoms with van der Waals surface area (Å²) < 4.78 is 51.9. The zero-order chi connectivity index (χ0) is 30.0. The molecule has 3 N–H and O–H groups in total. The maximum Gasteiger partial charge on any atom is 0.319 e. The molecule has 3 aliphatic heterocycles. The molecule has 4 aromatic rings. The van der Waals surface area contributed by atoms with Crippen LogP contribution in [0.15, 0.2) is 30.5 Å². The van der Waals surface area contributed by atoms with E-state index in [1.54, 1.807) is 11.8 Å². The number of phenols is 1. The van der Waals surface area contributed by atoms with Crippen LogP contribution >= 0.6 is 0 Å². The Hall–Kier alpha value is -4.19. The lowest BCUT2D eigenvalue weighted by atomic mass is 9.94. The first kappa shape index (κ1) is 27.6. The molecule has 12 heteroatoms. The van der Waals surface area contributed by atoms with Crippen molar-refractivity contribution in [3.05, 3.63) is 47.7 Å². The smallest absolute Gasteiger partial charge is 0.319 e. The molecule has 9 nitrogen and oxygen atoms in total. The highest BCUT2D eigenvalue weighted by molar-refractivity contribution is 6.02. The number of hydrogen-bond donors (Lipinski definition) is 2. The van der Waals surface area contributed by atoms with Gasteiger partial charge in [-0.3, -0.25) is 14.7 Å². The summed E-state index contributed by atoms with van der Waals surface area (Å²) in [5, 5.41) is 11.8. The number of aryl methyl sites for hydroxylation is 1. The number of rotatable bonds is 7. The van der Waals surface area contributed by atoms with Crippen molar-refractivity contribution in [2.45, 2.75) is 44.3 Å². The van der Waals surface area contributed by atoms with Crippen molar-refractivity contribution in [2.75, 3.05) is 37.7 Å². The van der Waals surface area contributed by atoms with Gasteiger partial charge in [-0.25, -0.2) is 13.2 Å². The van der Waals surface area contributed by atoms with Gasteiger partial charge in [0, 0.05) is 37.8 Å². The van der Waals surface area contributed by atoms with Gasteiger partial charge in [-0.15, -0.1) is 0 Å². The Morgan fingerprint density at radius 2 is 2.02 bits per heavy atom. The SMILES string of the molecule is CCc1c(F)ccc2cc(O)cc(-c3ncc4c(N5CC(C(N)=O)C5)nc(OC[C@@]56CCCN5C[C@H](F)C6)nc4c3F)c12. The highest BCUT2D eigenvalue weighted by atomic mass is 19.1. The molecule has 0 spiro atoms. The number of aromatic hydroxyl groups is 1. The number of halogens is 3. The van der Waals surface area contributed by atoms with Gasteiger partial charge in [0.1, 0.15) is 41.4 Å². The monoisotopic (exact) mass is 592 g/mol. The van der Waals surface area contributed by atoms with Crippen LogP contribution in [0.2, 0.25) is 0 Å². The van der Waals surface area contributed by atoms with Crippen molar-refractivity contribution in [3.8, 4) is 23.0 Å². The van der Waals surface area contributed by atoms with Crippen LogP contribution in [0.25, 0.3) is 32.9 Å². The van der Waals surface area contributed by atoms with E-state index in [0.29, 0.717) is 60.0 Å². The summed E-state index contributed by atoms with van der Waals surface area (Å²) in [5.74, 6) is -1.82. The minimum Gasteiger partial charge on any atom is -0.508 e. The Kier molecular flexibility index (Phi) is 6.57. The molecule has 0 saturated carbocycles. The first-order chi connectivity index (χ1) is 20.7. The number of nitrogens with two attached hydrogens (primary N) is 1. The van der Waals surface area contributed by atoms with Gasteiger partial charge >= 0.3 is 6.01 Å². The molecular weight excluding hydrogens is 561 g/mol. The summed E-state index contributed by atoms with van der Waals surface area (Å²) >= 11 is 0. The maximum atomic E-state index is 16.6. The van der Waals surface area contributed by atoms with Gasteiger partial charge in [-0.1, -0.05) is 13.0 Å². The van der Waals surface area contributed by atoms with Crippen molar-refractivity contribution >= 4 is 33.4 Å². The van der Waals surface area contributed by atoms with Crippen LogP contribution in [0.5, 0.6) is 11.8 Å². The van der Waals surface area contributed by atoms with E-state index in [1.807, 2.05) is 0 Å². The van der Waals surface area contributed by atoms with Gasteiger partial charge in [0.2, 0.25) is 5.91 Å². The second-order valence-corrected chi connectivity index (χ2v) is 11.9. The van der Waals surface area contributed by atoms with Crippen LogP contribution < -0.4 is 15.4 Å². The molecule has 1 amide bonds. The number of anilines is 1. The van der Waals surface area contributed by atoms with Gasteiger partial charge in [-0.2, -0.15) is 9.97 Å². The van der Waals surface area contributed by atoms with Crippen LogP contribution in [0.3, 0.4) is 0 Å². The second kappa shape index (κ2) is 10.2. The van der Waals surface area contributed by atoms with Gasteiger partial charge in [0.15, 0.2) is 5.82 Å². The van der Waals surface area contributed by atoms with E-state index < -0.39 is 29.3 Å². The fourth-order valence-corrected chi connectivity index (χ4v) is 7.03. The van der Waals surface area contributed by atoms with Crippen molar-refractivity contribution in [1.82, 2.24) is 19.9 Å². The Morgan fingerprint density at radius 1 is 1.21 bits per heavy atom. The zero-order valence-corrected chi connectivity index (χ0v) is 23.6. The molecule has 0 unspecified atom stereocenters. The Labute approximate surface area is 245 Å². The molecule has 3 aliphatic rings. The lowest BCUT2D eigenvalue weighted by molar-refractivity contribution is -0.122. The van der Waals surface area contributed by atoms with E-state index in [0.717, 1.165) is 19.4 Å². The predicted octanol–water partition coefficient (Wildman–Crippen LogP) is 4.27. The molecule has 7 rings (SSSR count). The molecule has 3 saturated heterocycles. The first-order valence-corrected chi connectivity index (χ1v) is 14.5. The number of phenolic OH excluding ortho intramolecular Hbond substituents is 1. The minimum atomic E-state index is -0.940. The first-order valence-electron chi connectivity index (χ1n) is 14.5. The average Bonchev–Trinajstić information content (AvgIpc) is 3.47. The number of benzene rings is 2. The summed E-state index contributed by atoms with van der Waals surface area (Å²) in [6.07, 6.45) is 2.91. The zero-order valence-electron chi connectivity index (χ0n) is 23.6. The normalized spacial score (nSPS) is 22.3. The van der Waals surface area contributed by atoms with Gasteiger partial charge < -0.3 is 20.5 Å². The highest BCUT2D eigenvalue weighted by Crippen LogP contribution is 2.42. The van der Waals surface area contributed by atoms with Crippen molar-refractivity contribution < 1.29 is 27.8 Å². The summed E-state index contributed by atoms with van der Waals surface area (Å²) in [6, 6.07) is 5.65. The van der Waals surface area contributed by atoms with Gasteiger partial charge in [-0.05, 0) is 60.3 Å². The average molecular weight is 593 g/mol. The summed E-state index contributed by atoms with van der Waals surface area (Å²) in [4.78, 5) is 29.1.